The molecule has 20 heavy (non-hydrogen) atoms. The number of amides is 1. The molecule has 0 saturated carbocycles. The fourth-order valence-corrected chi connectivity index (χ4v) is 3.40. The summed E-state index contributed by atoms with van der Waals surface area (Å²) >= 11 is 1.70. The molecule has 112 valence electrons. The number of nitrogens with zero attached hydrogens (tertiary/aromatic N) is 3. The Bertz CT molecular complexity index is 466. The van der Waals surface area contributed by atoms with Crippen LogP contribution in [0.15, 0.2) is 0 Å². The molecule has 2 rings (SSSR count). The van der Waals surface area contributed by atoms with E-state index in [1.165, 1.54) is 4.88 Å². The van der Waals surface area contributed by atoms with Crippen molar-refractivity contribution in [1.29, 1.82) is 0 Å². The van der Waals surface area contributed by atoms with Crippen LogP contribution in [0.3, 0.4) is 0 Å². The van der Waals surface area contributed by atoms with Gasteiger partial charge in [0.05, 0.1) is 17.2 Å². The van der Waals surface area contributed by atoms with Crippen LogP contribution in [-0.2, 0) is 4.79 Å². The maximum Gasteiger partial charge on any atom is 0.236 e. The van der Waals surface area contributed by atoms with Crippen LogP contribution in [0.1, 0.15) is 28.5 Å². The molecular formula is C14H24N4OS. The molecule has 6 heteroatoms. The van der Waals surface area contributed by atoms with Crippen molar-refractivity contribution in [1.82, 2.24) is 20.1 Å². The lowest BCUT2D eigenvalue weighted by Crippen LogP contribution is -2.49. The van der Waals surface area contributed by atoms with Gasteiger partial charge >= 0.3 is 0 Å². The summed E-state index contributed by atoms with van der Waals surface area (Å²) in [5.41, 5.74) is 1.07. The molecule has 0 bridgehead atoms. The molecule has 1 aromatic heterocycles. The number of rotatable bonds is 4. The second-order valence-corrected chi connectivity index (χ2v) is 6.70. The molecule has 1 aliphatic heterocycles. The third-order valence-corrected chi connectivity index (χ3v) is 5.00. The summed E-state index contributed by atoms with van der Waals surface area (Å²) in [4.78, 5) is 22.0. The molecular weight excluding hydrogens is 272 g/mol. The Labute approximate surface area is 125 Å². The van der Waals surface area contributed by atoms with Gasteiger partial charge in [-0.15, -0.1) is 11.3 Å². The number of carbonyl (C=O) groups excluding carboxylic acids is 1. The van der Waals surface area contributed by atoms with Crippen molar-refractivity contribution in [3.8, 4) is 0 Å². The number of carbonyl (C=O) groups is 1. The van der Waals surface area contributed by atoms with Crippen LogP contribution in [0.4, 0.5) is 0 Å². The summed E-state index contributed by atoms with van der Waals surface area (Å²) in [7, 11) is 2.09. The van der Waals surface area contributed by atoms with Crippen molar-refractivity contribution in [2.75, 3.05) is 39.8 Å². The first kappa shape index (κ1) is 15.4. The van der Waals surface area contributed by atoms with Gasteiger partial charge in [-0.25, -0.2) is 4.98 Å². The summed E-state index contributed by atoms with van der Waals surface area (Å²) in [5.74, 6) is 0.198. The SMILES string of the molecule is Cc1nc(C)c(C(C)NCC(=O)N2CCN(C)CC2)s1. The molecule has 1 saturated heterocycles. The van der Waals surface area contributed by atoms with E-state index in [1.54, 1.807) is 11.3 Å². The normalized spacial score (nSPS) is 18.3. The lowest BCUT2D eigenvalue weighted by Gasteiger charge is -2.32. The van der Waals surface area contributed by atoms with Crippen molar-refractivity contribution in [2.45, 2.75) is 26.8 Å². The number of piperazine rings is 1. The van der Waals surface area contributed by atoms with Crippen LogP contribution >= 0.6 is 11.3 Å². The Morgan fingerprint density at radius 2 is 2.00 bits per heavy atom. The van der Waals surface area contributed by atoms with Gasteiger partial charge in [0.2, 0.25) is 5.91 Å². The first-order valence-corrected chi connectivity index (χ1v) is 7.92. The third kappa shape index (κ3) is 3.77. The quantitative estimate of drug-likeness (QED) is 0.906. The van der Waals surface area contributed by atoms with Gasteiger partial charge in [-0.05, 0) is 27.8 Å². The van der Waals surface area contributed by atoms with E-state index in [0.717, 1.165) is 36.9 Å². The predicted molar refractivity (Wildman–Crippen MR) is 82.1 cm³/mol. The largest absolute Gasteiger partial charge is 0.339 e. The molecule has 2 heterocycles. The number of thiazole rings is 1. The summed E-state index contributed by atoms with van der Waals surface area (Å²) in [6.07, 6.45) is 0. The van der Waals surface area contributed by atoms with E-state index in [2.05, 4.69) is 29.2 Å². The summed E-state index contributed by atoms with van der Waals surface area (Å²) in [5, 5.41) is 4.41. The van der Waals surface area contributed by atoms with Crippen molar-refractivity contribution in [3.63, 3.8) is 0 Å². The Kier molecular flexibility index (Phi) is 5.12. The van der Waals surface area contributed by atoms with Gasteiger partial charge in [0, 0.05) is 37.1 Å². The zero-order valence-electron chi connectivity index (χ0n) is 12.8. The molecule has 0 aromatic carbocycles. The van der Waals surface area contributed by atoms with Crippen LogP contribution in [0.5, 0.6) is 0 Å². The number of hydrogen-bond donors (Lipinski definition) is 1. The minimum absolute atomic E-state index is 0.178. The van der Waals surface area contributed by atoms with E-state index < -0.39 is 0 Å². The fraction of sp³-hybridized carbons (Fsp3) is 0.714. The van der Waals surface area contributed by atoms with Gasteiger partial charge in [0.1, 0.15) is 0 Å². The number of likely N-dealkylation sites (N-methyl/N-ethyl adjacent to an activating group) is 1. The minimum atomic E-state index is 0.178. The van der Waals surface area contributed by atoms with Crippen LogP contribution in [-0.4, -0.2) is 60.5 Å². The Balaban J connectivity index is 1.82. The second-order valence-electron chi connectivity index (χ2n) is 5.47. The average Bonchev–Trinajstić information content (AvgIpc) is 2.75. The van der Waals surface area contributed by atoms with Gasteiger partial charge in [-0.1, -0.05) is 0 Å². The van der Waals surface area contributed by atoms with Crippen molar-refractivity contribution in [3.05, 3.63) is 15.6 Å². The van der Waals surface area contributed by atoms with Gasteiger partial charge < -0.3 is 15.1 Å². The highest BCUT2D eigenvalue weighted by atomic mass is 32.1. The summed E-state index contributed by atoms with van der Waals surface area (Å²) < 4.78 is 0. The van der Waals surface area contributed by atoms with E-state index in [4.69, 9.17) is 0 Å². The van der Waals surface area contributed by atoms with E-state index in [0.29, 0.717) is 6.54 Å². The van der Waals surface area contributed by atoms with Crippen molar-refractivity contribution >= 4 is 17.2 Å². The van der Waals surface area contributed by atoms with Crippen molar-refractivity contribution in [2.24, 2.45) is 0 Å². The average molecular weight is 296 g/mol. The Morgan fingerprint density at radius 3 is 2.55 bits per heavy atom. The molecule has 1 unspecified atom stereocenters. The monoisotopic (exact) mass is 296 g/mol. The van der Waals surface area contributed by atoms with Crippen molar-refractivity contribution < 1.29 is 4.79 Å². The molecule has 5 nitrogen and oxygen atoms in total. The van der Waals surface area contributed by atoms with Crippen LogP contribution in [0, 0.1) is 13.8 Å². The maximum atomic E-state index is 12.2. The fourth-order valence-electron chi connectivity index (χ4n) is 2.45. The van der Waals surface area contributed by atoms with Gasteiger partial charge in [-0.2, -0.15) is 0 Å². The van der Waals surface area contributed by atoms with Crippen LogP contribution in [0.2, 0.25) is 0 Å². The predicted octanol–water partition coefficient (Wildman–Crippen LogP) is 1.18. The van der Waals surface area contributed by atoms with Gasteiger partial charge in [0.25, 0.3) is 0 Å². The molecule has 1 aromatic rings. The topological polar surface area (TPSA) is 48.5 Å². The molecule has 1 aliphatic rings. The highest BCUT2D eigenvalue weighted by molar-refractivity contribution is 7.11. The maximum absolute atomic E-state index is 12.2. The van der Waals surface area contributed by atoms with Gasteiger partial charge in [0.15, 0.2) is 0 Å². The van der Waals surface area contributed by atoms with Crippen LogP contribution in [0.25, 0.3) is 0 Å². The van der Waals surface area contributed by atoms with Gasteiger partial charge in [-0.3, -0.25) is 4.79 Å². The highest BCUT2D eigenvalue weighted by Crippen LogP contribution is 2.24. The Morgan fingerprint density at radius 1 is 1.35 bits per heavy atom. The molecule has 1 N–H and O–H groups in total. The highest BCUT2D eigenvalue weighted by Gasteiger charge is 2.20. The van der Waals surface area contributed by atoms with E-state index in [1.807, 2.05) is 18.7 Å². The van der Waals surface area contributed by atoms with Crippen LogP contribution < -0.4 is 5.32 Å². The number of hydrogen-bond acceptors (Lipinski definition) is 5. The zero-order chi connectivity index (χ0) is 14.7. The standard InChI is InChI=1S/C14H24N4OS/c1-10(14-11(2)16-12(3)20-14)15-9-13(19)18-7-5-17(4)6-8-18/h10,15H,5-9H2,1-4H3. The number of aryl methyl sites for hydroxylation is 2. The molecule has 1 atom stereocenters. The Hall–Kier alpha value is -0.980. The van der Waals surface area contributed by atoms with E-state index in [-0.39, 0.29) is 11.9 Å². The third-order valence-electron chi connectivity index (χ3n) is 3.75. The zero-order valence-corrected chi connectivity index (χ0v) is 13.6. The van der Waals surface area contributed by atoms with E-state index in [9.17, 15) is 4.79 Å². The molecule has 1 amide bonds. The lowest BCUT2D eigenvalue weighted by atomic mass is 10.2. The number of nitrogens with one attached hydrogen (secondary N) is 1. The van der Waals surface area contributed by atoms with E-state index >= 15 is 0 Å². The molecule has 0 radical (unpaired) electrons. The number of aromatic nitrogens is 1. The summed E-state index contributed by atoms with van der Waals surface area (Å²) in [6, 6.07) is 0.178. The lowest BCUT2D eigenvalue weighted by molar-refractivity contribution is -0.131. The summed E-state index contributed by atoms with van der Waals surface area (Å²) in [6.45, 7) is 10.2. The first-order chi connectivity index (χ1) is 9.47. The second kappa shape index (κ2) is 6.65. The first-order valence-electron chi connectivity index (χ1n) is 7.11. The molecule has 0 spiro atoms. The molecule has 1 fully saturated rings. The molecule has 0 aliphatic carbocycles. The smallest absolute Gasteiger partial charge is 0.236 e. The minimum Gasteiger partial charge on any atom is -0.339 e.